The van der Waals surface area contributed by atoms with E-state index in [1.54, 1.807) is 0 Å². The average Bonchev–Trinajstić information content (AvgIpc) is 2.44. The van der Waals surface area contributed by atoms with E-state index in [0.717, 1.165) is 11.1 Å². The molecule has 0 radical (unpaired) electrons. The predicted octanol–water partition coefficient (Wildman–Crippen LogP) is 3.90. The van der Waals surface area contributed by atoms with Crippen LogP contribution in [0.15, 0.2) is 17.0 Å². The topological polar surface area (TPSA) is 49.4 Å². The molecule has 0 unspecified atom stereocenters. The van der Waals surface area contributed by atoms with Crippen LogP contribution in [0.2, 0.25) is 0 Å². The molecule has 1 rings (SSSR count). The second-order valence-corrected chi connectivity index (χ2v) is 9.40. The number of hydrogen-bond acceptors (Lipinski definition) is 3. The first-order chi connectivity index (χ1) is 11.0. The third-order valence-corrected chi connectivity index (χ3v) is 5.79. The van der Waals surface area contributed by atoms with Gasteiger partial charge in [0.05, 0.1) is 4.90 Å². The van der Waals surface area contributed by atoms with E-state index in [9.17, 15) is 8.42 Å². The minimum atomic E-state index is -3.53. The lowest BCUT2D eigenvalue weighted by Crippen LogP contribution is -2.32. The monoisotopic (exact) mass is 354 g/mol. The number of nitrogens with one attached hydrogen (secondary N) is 1. The van der Waals surface area contributed by atoms with E-state index in [0.29, 0.717) is 23.9 Å². The molecule has 1 N–H and O–H groups in total. The smallest absolute Gasteiger partial charge is 0.241 e. The first kappa shape index (κ1) is 21.1. The van der Waals surface area contributed by atoms with Crippen molar-refractivity contribution in [1.29, 1.82) is 0 Å². The SMILES string of the molecule is CC(C)c1cc(C(C)C)c(S(=O)(=O)NCCN(C)C)c(C(C)C)c1. The van der Waals surface area contributed by atoms with E-state index in [1.807, 2.05) is 19.0 Å². The van der Waals surface area contributed by atoms with Crippen LogP contribution >= 0.6 is 0 Å². The molecule has 138 valence electrons. The third kappa shape index (κ3) is 5.30. The lowest BCUT2D eigenvalue weighted by Gasteiger charge is -2.23. The molecule has 0 amide bonds. The lowest BCUT2D eigenvalue weighted by molar-refractivity contribution is 0.412. The molecular formula is C19H34N2O2S. The van der Waals surface area contributed by atoms with Crippen LogP contribution in [0.1, 0.15) is 76.0 Å². The van der Waals surface area contributed by atoms with E-state index in [1.165, 1.54) is 5.56 Å². The Morgan fingerprint density at radius 2 is 1.38 bits per heavy atom. The van der Waals surface area contributed by atoms with Gasteiger partial charge in [0, 0.05) is 13.1 Å². The van der Waals surface area contributed by atoms with E-state index in [-0.39, 0.29) is 11.8 Å². The minimum Gasteiger partial charge on any atom is -0.308 e. The lowest BCUT2D eigenvalue weighted by atomic mass is 9.89. The Hall–Kier alpha value is -0.910. The van der Waals surface area contributed by atoms with Gasteiger partial charge in [0.25, 0.3) is 0 Å². The highest BCUT2D eigenvalue weighted by Crippen LogP contribution is 2.34. The molecule has 1 aromatic rings. The zero-order valence-corrected chi connectivity index (χ0v) is 17.3. The molecule has 24 heavy (non-hydrogen) atoms. The van der Waals surface area contributed by atoms with E-state index < -0.39 is 10.0 Å². The standard InChI is InChI=1S/C19H34N2O2S/c1-13(2)16-11-17(14(3)4)19(18(12-16)15(5)6)24(22,23)20-9-10-21(7)8/h11-15,20H,9-10H2,1-8H3. The van der Waals surface area contributed by atoms with Gasteiger partial charge >= 0.3 is 0 Å². The molecule has 0 aliphatic rings. The van der Waals surface area contributed by atoms with Crippen LogP contribution < -0.4 is 4.72 Å². The Bertz CT molecular complexity index is 618. The molecule has 0 aliphatic carbocycles. The van der Waals surface area contributed by atoms with Crippen molar-refractivity contribution in [2.24, 2.45) is 0 Å². The molecule has 0 atom stereocenters. The molecule has 0 bridgehead atoms. The van der Waals surface area contributed by atoms with Crippen LogP contribution in [-0.4, -0.2) is 40.5 Å². The zero-order valence-electron chi connectivity index (χ0n) is 16.5. The Balaban J connectivity index is 3.48. The second-order valence-electron chi connectivity index (χ2n) is 7.69. The summed E-state index contributed by atoms with van der Waals surface area (Å²) < 4.78 is 28.8. The Morgan fingerprint density at radius 1 is 0.917 bits per heavy atom. The number of nitrogens with zero attached hydrogens (tertiary/aromatic N) is 1. The molecule has 4 nitrogen and oxygen atoms in total. The van der Waals surface area contributed by atoms with Crippen LogP contribution in [-0.2, 0) is 10.0 Å². The van der Waals surface area contributed by atoms with Gasteiger partial charge in [0.1, 0.15) is 0 Å². The van der Waals surface area contributed by atoms with Gasteiger partial charge in [0.15, 0.2) is 0 Å². The summed E-state index contributed by atoms with van der Waals surface area (Å²) in [5.74, 6) is 0.682. The maximum atomic E-state index is 13.0. The largest absolute Gasteiger partial charge is 0.308 e. The van der Waals surface area contributed by atoms with Crippen LogP contribution in [0, 0.1) is 0 Å². The van der Waals surface area contributed by atoms with E-state index in [4.69, 9.17) is 0 Å². The summed E-state index contributed by atoms with van der Waals surface area (Å²) in [6.45, 7) is 13.6. The molecule has 1 aromatic carbocycles. The molecule has 0 saturated heterocycles. The van der Waals surface area contributed by atoms with E-state index in [2.05, 4.69) is 58.4 Å². The van der Waals surface area contributed by atoms with E-state index >= 15 is 0 Å². The zero-order chi connectivity index (χ0) is 18.7. The van der Waals surface area contributed by atoms with Gasteiger partial charge in [-0.2, -0.15) is 0 Å². The molecular weight excluding hydrogens is 320 g/mol. The summed E-state index contributed by atoms with van der Waals surface area (Å²) in [4.78, 5) is 2.45. The summed E-state index contributed by atoms with van der Waals surface area (Å²) in [5.41, 5.74) is 3.04. The highest BCUT2D eigenvalue weighted by molar-refractivity contribution is 7.89. The normalized spacial score (nSPS) is 12.8. The minimum absolute atomic E-state index is 0.154. The van der Waals surface area contributed by atoms with Crippen molar-refractivity contribution in [3.05, 3.63) is 28.8 Å². The van der Waals surface area contributed by atoms with Crippen LogP contribution in [0.4, 0.5) is 0 Å². The highest BCUT2D eigenvalue weighted by atomic mass is 32.2. The van der Waals surface area contributed by atoms with Crippen molar-refractivity contribution >= 4 is 10.0 Å². The predicted molar refractivity (Wildman–Crippen MR) is 102 cm³/mol. The summed E-state index contributed by atoms with van der Waals surface area (Å²) in [5, 5.41) is 0. The molecule has 0 aliphatic heterocycles. The second kappa shape index (κ2) is 8.45. The third-order valence-electron chi connectivity index (χ3n) is 4.20. The number of benzene rings is 1. The Kier molecular flexibility index (Phi) is 7.44. The Morgan fingerprint density at radius 3 is 1.71 bits per heavy atom. The van der Waals surface area contributed by atoms with Crippen molar-refractivity contribution in [3.63, 3.8) is 0 Å². The van der Waals surface area contributed by atoms with Crippen molar-refractivity contribution in [3.8, 4) is 0 Å². The molecule has 0 heterocycles. The maximum Gasteiger partial charge on any atom is 0.241 e. The van der Waals surface area contributed by atoms with Crippen LogP contribution in [0.3, 0.4) is 0 Å². The summed E-state index contributed by atoms with van der Waals surface area (Å²) in [6, 6.07) is 4.14. The molecule has 5 heteroatoms. The van der Waals surface area contributed by atoms with Gasteiger partial charge < -0.3 is 4.90 Å². The fraction of sp³-hybridized carbons (Fsp3) is 0.684. The first-order valence-corrected chi connectivity index (χ1v) is 10.3. The summed E-state index contributed by atoms with van der Waals surface area (Å²) >= 11 is 0. The quantitative estimate of drug-likeness (QED) is 0.770. The van der Waals surface area contributed by atoms with Gasteiger partial charge in [-0.15, -0.1) is 0 Å². The van der Waals surface area contributed by atoms with Gasteiger partial charge in [-0.05, 0) is 48.5 Å². The fourth-order valence-corrected chi connectivity index (χ4v) is 4.39. The van der Waals surface area contributed by atoms with Crippen molar-refractivity contribution in [1.82, 2.24) is 9.62 Å². The Labute approximate surface area is 148 Å². The molecule has 0 spiro atoms. The van der Waals surface area contributed by atoms with Crippen LogP contribution in [0.25, 0.3) is 0 Å². The van der Waals surface area contributed by atoms with Crippen LogP contribution in [0.5, 0.6) is 0 Å². The van der Waals surface area contributed by atoms with Crippen molar-refractivity contribution in [2.45, 2.75) is 64.2 Å². The molecule has 0 saturated carbocycles. The summed E-state index contributed by atoms with van der Waals surface area (Å²) in [6.07, 6.45) is 0. The number of sulfonamides is 1. The van der Waals surface area contributed by atoms with Crippen molar-refractivity contribution < 1.29 is 8.42 Å². The van der Waals surface area contributed by atoms with Gasteiger partial charge in [0.2, 0.25) is 10.0 Å². The van der Waals surface area contributed by atoms with Gasteiger partial charge in [-0.25, -0.2) is 13.1 Å². The maximum absolute atomic E-state index is 13.0. The molecule has 0 aromatic heterocycles. The van der Waals surface area contributed by atoms with Gasteiger partial charge in [-0.3, -0.25) is 0 Å². The number of hydrogen-bond donors (Lipinski definition) is 1. The number of rotatable bonds is 8. The number of likely N-dealkylation sites (N-methyl/N-ethyl adjacent to an activating group) is 1. The first-order valence-electron chi connectivity index (χ1n) is 8.79. The summed E-state index contributed by atoms with van der Waals surface area (Å²) in [7, 11) is 0.344. The highest BCUT2D eigenvalue weighted by Gasteiger charge is 2.26. The molecule has 0 fully saturated rings. The average molecular weight is 355 g/mol. The van der Waals surface area contributed by atoms with Crippen molar-refractivity contribution in [2.75, 3.05) is 27.2 Å². The van der Waals surface area contributed by atoms with Gasteiger partial charge in [-0.1, -0.05) is 53.7 Å². The fourth-order valence-electron chi connectivity index (χ4n) is 2.68.